The molecule has 0 spiro atoms. The Morgan fingerprint density at radius 1 is 1.30 bits per heavy atom. The molecule has 0 aliphatic carbocycles. The first-order valence-corrected chi connectivity index (χ1v) is 9.63. The van der Waals surface area contributed by atoms with Crippen molar-refractivity contribution in [1.29, 1.82) is 0 Å². The highest BCUT2D eigenvalue weighted by atomic mass is 35.5. The second-order valence-corrected chi connectivity index (χ2v) is 7.97. The Hall–Kier alpha value is -1.02. The lowest BCUT2D eigenvalue weighted by Crippen LogP contribution is -2.52. The molecule has 0 radical (unpaired) electrons. The van der Waals surface area contributed by atoms with Crippen molar-refractivity contribution >= 4 is 44.8 Å². The number of hydrogen-bond donors (Lipinski definition) is 0. The van der Waals surface area contributed by atoms with Crippen molar-refractivity contribution in [1.82, 2.24) is 4.90 Å². The van der Waals surface area contributed by atoms with Gasteiger partial charge in [0.05, 0.1) is 30.2 Å². The van der Waals surface area contributed by atoms with Crippen molar-refractivity contribution < 1.29 is 17.9 Å². The zero-order chi connectivity index (χ0) is 17.2. The fourth-order valence-corrected chi connectivity index (χ4v) is 4.08. The minimum absolute atomic E-state index is 0.191. The Balaban J connectivity index is 2.39. The number of hydrogen-bond acceptors (Lipinski definition) is 4. The van der Waals surface area contributed by atoms with E-state index in [0.29, 0.717) is 31.3 Å². The van der Waals surface area contributed by atoms with E-state index in [1.165, 1.54) is 19.1 Å². The van der Waals surface area contributed by atoms with Crippen LogP contribution in [0.3, 0.4) is 0 Å². The Morgan fingerprint density at radius 3 is 2.48 bits per heavy atom. The van der Waals surface area contributed by atoms with Crippen LogP contribution in [0, 0.1) is 0 Å². The van der Waals surface area contributed by atoms with Crippen LogP contribution in [0.1, 0.15) is 6.92 Å². The van der Waals surface area contributed by atoms with Crippen LogP contribution in [0.4, 0.5) is 5.69 Å². The van der Waals surface area contributed by atoms with Gasteiger partial charge >= 0.3 is 0 Å². The van der Waals surface area contributed by atoms with Gasteiger partial charge in [0.1, 0.15) is 6.04 Å². The summed E-state index contributed by atoms with van der Waals surface area (Å²) in [7, 11) is -3.73. The predicted molar refractivity (Wildman–Crippen MR) is 90.6 cm³/mol. The third kappa shape index (κ3) is 4.29. The Kier molecular flexibility index (Phi) is 5.78. The molecule has 1 heterocycles. The second-order valence-electron chi connectivity index (χ2n) is 5.27. The number of anilines is 1. The third-order valence-corrected chi connectivity index (χ3v) is 5.32. The quantitative estimate of drug-likeness (QED) is 0.800. The highest BCUT2D eigenvalue weighted by Crippen LogP contribution is 2.32. The van der Waals surface area contributed by atoms with E-state index in [-0.39, 0.29) is 16.6 Å². The maximum atomic E-state index is 12.6. The Bertz CT molecular complexity index is 690. The van der Waals surface area contributed by atoms with Crippen molar-refractivity contribution in [3.8, 4) is 0 Å². The number of benzene rings is 1. The van der Waals surface area contributed by atoms with Crippen LogP contribution >= 0.6 is 23.2 Å². The molecule has 0 bridgehead atoms. The molecule has 1 amide bonds. The van der Waals surface area contributed by atoms with Crippen LogP contribution in [0.5, 0.6) is 0 Å². The number of sulfonamides is 1. The van der Waals surface area contributed by atoms with E-state index < -0.39 is 16.1 Å². The summed E-state index contributed by atoms with van der Waals surface area (Å²) in [5.41, 5.74) is 0.191. The molecule has 1 aromatic rings. The van der Waals surface area contributed by atoms with Gasteiger partial charge in [-0.1, -0.05) is 23.2 Å². The Labute approximate surface area is 146 Å². The molecular weight excluding hydrogens is 363 g/mol. The molecule has 6 nitrogen and oxygen atoms in total. The van der Waals surface area contributed by atoms with Crippen molar-refractivity contribution in [3.05, 3.63) is 28.2 Å². The minimum atomic E-state index is -3.73. The fraction of sp³-hybridized carbons (Fsp3) is 0.500. The lowest BCUT2D eigenvalue weighted by Gasteiger charge is -2.34. The number of amides is 1. The summed E-state index contributed by atoms with van der Waals surface area (Å²) in [5, 5.41) is 0.547. The summed E-state index contributed by atoms with van der Waals surface area (Å²) in [6, 6.07) is 3.57. The van der Waals surface area contributed by atoms with Gasteiger partial charge in [0.15, 0.2) is 0 Å². The molecule has 0 aromatic heterocycles. The van der Waals surface area contributed by atoms with Crippen molar-refractivity contribution in [3.63, 3.8) is 0 Å². The zero-order valence-corrected chi connectivity index (χ0v) is 15.2. The maximum Gasteiger partial charge on any atom is 0.246 e. The number of nitrogens with zero attached hydrogens (tertiary/aromatic N) is 2. The van der Waals surface area contributed by atoms with E-state index in [0.717, 1.165) is 10.6 Å². The summed E-state index contributed by atoms with van der Waals surface area (Å²) in [6.07, 6.45) is 1.04. The molecule has 1 saturated heterocycles. The van der Waals surface area contributed by atoms with Crippen molar-refractivity contribution in [2.45, 2.75) is 13.0 Å². The summed E-state index contributed by atoms with van der Waals surface area (Å²) < 4.78 is 30.7. The monoisotopic (exact) mass is 380 g/mol. The molecule has 128 valence electrons. The van der Waals surface area contributed by atoms with Gasteiger partial charge in [0.25, 0.3) is 0 Å². The molecule has 1 aliphatic heterocycles. The normalized spacial score (nSPS) is 17.0. The molecule has 1 atom stereocenters. The van der Waals surface area contributed by atoms with Crippen LogP contribution in [-0.2, 0) is 19.6 Å². The van der Waals surface area contributed by atoms with Crippen molar-refractivity contribution in [2.24, 2.45) is 0 Å². The van der Waals surface area contributed by atoms with Gasteiger partial charge in [0, 0.05) is 18.1 Å². The van der Waals surface area contributed by atoms with E-state index in [1.54, 1.807) is 11.0 Å². The fourth-order valence-electron chi connectivity index (χ4n) is 2.48. The number of ether oxygens (including phenoxy) is 1. The molecule has 0 N–H and O–H groups in total. The van der Waals surface area contributed by atoms with E-state index in [2.05, 4.69) is 0 Å². The molecular formula is C14H18Cl2N2O4S. The highest BCUT2D eigenvalue weighted by Gasteiger charge is 2.33. The van der Waals surface area contributed by atoms with E-state index in [4.69, 9.17) is 27.9 Å². The largest absolute Gasteiger partial charge is 0.378 e. The average molecular weight is 381 g/mol. The van der Waals surface area contributed by atoms with Crippen LogP contribution in [0.2, 0.25) is 10.0 Å². The highest BCUT2D eigenvalue weighted by molar-refractivity contribution is 7.92. The van der Waals surface area contributed by atoms with E-state index in [1.807, 2.05) is 0 Å². The number of carbonyl (C=O) groups is 1. The van der Waals surface area contributed by atoms with E-state index in [9.17, 15) is 13.2 Å². The maximum absolute atomic E-state index is 12.6. The number of halogens is 2. The summed E-state index contributed by atoms with van der Waals surface area (Å²) >= 11 is 12.1. The summed E-state index contributed by atoms with van der Waals surface area (Å²) in [5.74, 6) is -0.297. The van der Waals surface area contributed by atoms with Gasteiger partial charge in [-0.25, -0.2) is 8.42 Å². The van der Waals surface area contributed by atoms with Crippen LogP contribution < -0.4 is 4.31 Å². The number of morpholine rings is 1. The van der Waals surface area contributed by atoms with E-state index >= 15 is 0 Å². The molecule has 1 aromatic carbocycles. The second kappa shape index (κ2) is 7.25. The van der Waals surface area contributed by atoms with Crippen LogP contribution in [0.25, 0.3) is 0 Å². The molecule has 23 heavy (non-hydrogen) atoms. The first kappa shape index (κ1) is 18.3. The standard InChI is InChI=1S/C14H18Cl2N2O4S/c1-10(14(19)17-5-7-22-8-6-17)18(23(2,20)21)13-9-11(15)3-4-12(13)16/h3-4,9-10H,5-8H2,1-2H3. The van der Waals surface area contributed by atoms with Gasteiger partial charge < -0.3 is 9.64 Å². The molecule has 1 fully saturated rings. The molecule has 1 unspecified atom stereocenters. The predicted octanol–water partition coefficient (Wildman–Crippen LogP) is 2.01. The minimum Gasteiger partial charge on any atom is -0.378 e. The van der Waals surface area contributed by atoms with Crippen LogP contribution in [0.15, 0.2) is 18.2 Å². The topological polar surface area (TPSA) is 66.9 Å². The first-order chi connectivity index (χ1) is 10.7. The third-order valence-electron chi connectivity index (χ3n) is 3.53. The van der Waals surface area contributed by atoms with Gasteiger partial charge in [0.2, 0.25) is 15.9 Å². The molecule has 2 rings (SSSR count). The smallest absolute Gasteiger partial charge is 0.246 e. The number of rotatable bonds is 4. The number of carbonyl (C=O) groups excluding carboxylic acids is 1. The lowest BCUT2D eigenvalue weighted by atomic mass is 10.2. The first-order valence-electron chi connectivity index (χ1n) is 7.03. The van der Waals surface area contributed by atoms with Crippen molar-refractivity contribution in [2.75, 3.05) is 36.9 Å². The van der Waals surface area contributed by atoms with Gasteiger partial charge in [-0.15, -0.1) is 0 Å². The average Bonchev–Trinajstić information content (AvgIpc) is 2.49. The Morgan fingerprint density at radius 2 is 1.91 bits per heavy atom. The lowest BCUT2D eigenvalue weighted by molar-refractivity contribution is -0.136. The summed E-state index contributed by atoms with van der Waals surface area (Å²) in [4.78, 5) is 14.2. The van der Waals surface area contributed by atoms with Gasteiger partial charge in [-0.05, 0) is 25.1 Å². The molecule has 1 aliphatic rings. The van der Waals surface area contributed by atoms with Crippen LogP contribution in [-0.4, -0.2) is 57.8 Å². The summed E-state index contributed by atoms with van der Waals surface area (Å²) in [6.45, 7) is 3.29. The molecule has 9 heteroatoms. The SMILES string of the molecule is CC(C(=O)N1CCOCC1)N(c1cc(Cl)ccc1Cl)S(C)(=O)=O. The van der Waals surface area contributed by atoms with Gasteiger partial charge in [-0.3, -0.25) is 9.10 Å². The zero-order valence-electron chi connectivity index (χ0n) is 12.8. The molecule has 0 saturated carbocycles. The van der Waals surface area contributed by atoms with Gasteiger partial charge in [-0.2, -0.15) is 0 Å².